The number of benzene rings is 4. The Morgan fingerprint density at radius 3 is 1.45 bits per heavy atom. The maximum Gasteiger partial charge on any atom is 0.241 e. The average molecular weight is 636 g/mol. The predicted molar refractivity (Wildman–Crippen MR) is 154 cm³/mol. The third kappa shape index (κ3) is 9.15. The summed E-state index contributed by atoms with van der Waals surface area (Å²) in [6, 6.07) is 33.4. The van der Waals surface area contributed by atoms with Crippen molar-refractivity contribution in [3.63, 3.8) is 0 Å². The summed E-state index contributed by atoms with van der Waals surface area (Å²) >= 11 is 6.06. The molecule has 38 heavy (non-hydrogen) atoms. The van der Waals surface area contributed by atoms with Crippen LogP contribution in [0.25, 0.3) is 0 Å². The maximum atomic E-state index is 13.0. The normalized spacial score (nSPS) is 12.6. The number of sulfonamides is 1. The average Bonchev–Trinajstić information content (AvgIpc) is 2.90. The van der Waals surface area contributed by atoms with Gasteiger partial charge in [0.15, 0.2) is 0 Å². The van der Waals surface area contributed by atoms with Gasteiger partial charge in [-0.15, -0.1) is 0 Å². The van der Waals surface area contributed by atoms with Crippen LogP contribution in [-0.2, 0) is 29.5 Å². The van der Waals surface area contributed by atoms with Crippen molar-refractivity contribution in [1.29, 1.82) is 0 Å². The van der Waals surface area contributed by atoms with Crippen LogP contribution in [0.1, 0.15) is 59.7 Å². The summed E-state index contributed by atoms with van der Waals surface area (Å²) in [5, 5.41) is 0. The van der Waals surface area contributed by atoms with Crippen molar-refractivity contribution in [1.82, 2.24) is 9.56 Å². The van der Waals surface area contributed by atoms with Crippen LogP contribution in [0.15, 0.2) is 114 Å². The van der Waals surface area contributed by atoms with Crippen molar-refractivity contribution < 1.29 is 27.9 Å². The topological polar surface area (TPSA) is 58.2 Å². The minimum absolute atomic E-state index is 0. The second-order valence-electron chi connectivity index (χ2n) is 9.39. The van der Waals surface area contributed by atoms with Crippen molar-refractivity contribution in [2.24, 2.45) is 0 Å². The molecule has 0 heterocycles. The van der Waals surface area contributed by atoms with E-state index in [1.807, 2.05) is 67.6 Å². The van der Waals surface area contributed by atoms with Crippen molar-refractivity contribution in [3.05, 3.63) is 137 Å². The first-order chi connectivity index (χ1) is 17.7. The smallest absolute Gasteiger partial charge is 0.224 e. The third-order valence-electron chi connectivity index (χ3n) is 6.13. The zero-order valence-corrected chi connectivity index (χ0v) is 25.4. The fourth-order valence-electron chi connectivity index (χ4n) is 3.87. The molecule has 0 spiro atoms. The van der Waals surface area contributed by atoms with Crippen LogP contribution < -0.4 is 9.56 Å². The van der Waals surface area contributed by atoms with Crippen LogP contribution >= 0.6 is 11.8 Å². The van der Waals surface area contributed by atoms with Crippen LogP contribution in [0.5, 0.6) is 0 Å². The van der Waals surface area contributed by atoms with E-state index in [1.165, 1.54) is 11.1 Å². The van der Waals surface area contributed by atoms with Gasteiger partial charge in [-0.25, -0.2) is 18.0 Å². The quantitative estimate of drug-likeness (QED) is 0.155. The third-order valence-corrected chi connectivity index (χ3v) is 7.82. The SMILES string of the molecule is Cc1ccc(C(C)C)cc1.Cc1ccc(S(=O)(=O)N[C@@H](c2ccccc2)[C@@H](NCl)c2ccccc2)cc1.[Ru]. The molecule has 0 bridgehead atoms. The van der Waals surface area contributed by atoms with E-state index in [0.717, 1.165) is 16.7 Å². The number of halogens is 1. The fraction of sp³-hybridized carbons (Fsp3) is 0.226. The molecule has 2 atom stereocenters. The Hall–Kier alpha value is -2.34. The van der Waals surface area contributed by atoms with Crippen molar-refractivity contribution in [2.75, 3.05) is 0 Å². The minimum Gasteiger partial charge on any atom is -0.224 e. The van der Waals surface area contributed by atoms with Gasteiger partial charge in [0.05, 0.1) is 17.0 Å². The van der Waals surface area contributed by atoms with E-state index in [9.17, 15) is 8.42 Å². The number of aryl methyl sites for hydroxylation is 2. The minimum atomic E-state index is -3.74. The summed E-state index contributed by atoms with van der Waals surface area (Å²) in [7, 11) is -3.74. The molecule has 0 fully saturated rings. The zero-order valence-electron chi connectivity index (χ0n) is 22.1. The Kier molecular flexibility index (Phi) is 12.8. The predicted octanol–water partition coefficient (Wildman–Crippen LogP) is 7.62. The van der Waals surface area contributed by atoms with E-state index in [0.29, 0.717) is 5.92 Å². The molecule has 0 radical (unpaired) electrons. The summed E-state index contributed by atoms with van der Waals surface area (Å²) in [4.78, 5) is 2.96. The molecular formula is C31H35ClN2O2RuS. The van der Waals surface area contributed by atoms with Crippen LogP contribution in [0, 0.1) is 13.8 Å². The second kappa shape index (κ2) is 15.3. The van der Waals surface area contributed by atoms with Gasteiger partial charge in [-0.3, -0.25) is 0 Å². The van der Waals surface area contributed by atoms with Crippen LogP contribution in [0.3, 0.4) is 0 Å². The fourth-order valence-corrected chi connectivity index (χ4v) is 5.36. The first kappa shape index (κ1) is 31.9. The number of nitrogens with one attached hydrogen (secondary N) is 2. The Morgan fingerprint density at radius 2 is 1.03 bits per heavy atom. The molecule has 0 aliphatic carbocycles. The second-order valence-corrected chi connectivity index (χ2v) is 11.3. The van der Waals surface area contributed by atoms with Gasteiger partial charge < -0.3 is 0 Å². The molecule has 202 valence electrons. The molecule has 0 amide bonds. The summed E-state index contributed by atoms with van der Waals surface area (Å²) in [5.74, 6) is 0.653. The van der Waals surface area contributed by atoms with Gasteiger partial charge in [0.2, 0.25) is 10.0 Å². The van der Waals surface area contributed by atoms with Gasteiger partial charge >= 0.3 is 0 Å². The van der Waals surface area contributed by atoms with E-state index in [1.54, 1.807) is 24.3 Å². The van der Waals surface area contributed by atoms with Gasteiger partial charge in [-0.1, -0.05) is 122 Å². The van der Waals surface area contributed by atoms with Gasteiger partial charge in [0.1, 0.15) is 0 Å². The molecule has 4 rings (SSSR count). The summed E-state index contributed by atoms with van der Waals surface area (Å²) in [6.07, 6.45) is 0. The van der Waals surface area contributed by atoms with Gasteiger partial charge in [0, 0.05) is 19.5 Å². The van der Waals surface area contributed by atoms with E-state index >= 15 is 0 Å². The zero-order chi connectivity index (χ0) is 26.8. The van der Waals surface area contributed by atoms with Crippen molar-refractivity contribution >= 4 is 21.8 Å². The van der Waals surface area contributed by atoms with Crippen molar-refractivity contribution in [3.8, 4) is 0 Å². The number of hydrogen-bond acceptors (Lipinski definition) is 3. The molecular weight excluding hydrogens is 601 g/mol. The van der Waals surface area contributed by atoms with E-state index in [2.05, 4.69) is 54.6 Å². The number of rotatable bonds is 8. The molecule has 0 aliphatic heterocycles. The molecule has 0 aliphatic rings. The first-order valence-electron chi connectivity index (χ1n) is 12.3. The Morgan fingerprint density at radius 1 is 0.605 bits per heavy atom. The summed E-state index contributed by atoms with van der Waals surface area (Å²) in [5.41, 5.74) is 5.45. The molecule has 2 N–H and O–H groups in total. The first-order valence-corrected chi connectivity index (χ1v) is 14.2. The standard InChI is InChI=1S/C21H21ClN2O2S.C10H14.Ru/c1-16-12-14-19(15-13-16)27(25,26)24-21(18-10-6-3-7-11-18)20(23-22)17-8-4-2-5-9-17;1-8(2)10-6-4-9(3)5-7-10;/h2-15,20-21,23-24H,1H3;4-8H,1-3H3;/t20-,21-;;/m0../s1. The molecule has 0 aromatic heterocycles. The summed E-state index contributed by atoms with van der Waals surface area (Å²) < 4.78 is 28.8. The Balaban J connectivity index is 0.000000389. The molecule has 0 saturated heterocycles. The Bertz CT molecular complexity index is 1330. The van der Waals surface area contributed by atoms with Gasteiger partial charge in [-0.2, -0.15) is 0 Å². The largest absolute Gasteiger partial charge is 0.241 e. The van der Waals surface area contributed by atoms with Crippen molar-refractivity contribution in [2.45, 2.75) is 50.6 Å². The Labute approximate surface area is 245 Å². The van der Waals surface area contributed by atoms with E-state index in [4.69, 9.17) is 11.8 Å². The molecule has 4 aromatic carbocycles. The van der Waals surface area contributed by atoms with Crippen LogP contribution in [0.4, 0.5) is 0 Å². The molecule has 4 aromatic rings. The van der Waals surface area contributed by atoms with Gasteiger partial charge in [0.25, 0.3) is 0 Å². The monoisotopic (exact) mass is 636 g/mol. The molecule has 0 saturated carbocycles. The van der Waals surface area contributed by atoms with Crippen LogP contribution in [-0.4, -0.2) is 8.42 Å². The molecule has 7 heteroatoms. The van der Waals surface area contributed by atoms with E-state index in [-0.39, 0.29) is 24.4 Å². The molecule has 0 unspecified atom stereocenters. The maximum absolute atomic E-state index is 13.0. The number of hydrogen-bond donors (Lipinski definition) is 2. The van der Waals surface area contributed by atoms with Crippen LogP contribution in [0.2, 0.25) is 0 Å². The molecule has 4 nitrogen and oxygen atoms in total. The van der Waals surface area contributed by atoms with E-state index < -0.39 is 22.1 Å². The summed E-state index contributed by atoms with van der Waals surface area (Å²) in [6.45, 7) is 8.46. The van der Waals surface area contributed by atoms with Gasteiger partial charge in [-0.05, 0) is 60.4 Å².